The van der Waals surface area contributed by atoms with E-state index in [9.17, 15) is 0 Å². The molecule has 0 unspecified atom stereocenters. The molecule has 24 heavy (non-hydrogen) atoms. The van der Waals surface area contributed by atoms with Gasteiger partial charge in [-0.3, -0.25) is 0 Å². The smallest absolute Gasteiger partial charge is 0.258 e. The third kappa shape index (κ3) is 2.40. The zero-order valence-electron chi connectivity index (χ0n) is 14.2. The van der Waals surface area contributed by atoms with Crippen LogP contribution in [-0.4, -0.2) is 10.1 Å². The highest BCUT2D eigenvalue weighted by Crippen LogP contribution is 2.33. The number of aromatic nitrogens is 2. The SMILES string of the molecule is Cc1cc(C)cc(-c2nc(-c3oc4ccc(C)cc4c3C)no2)c1. The molecule has 4 rings (SSSR count). The standard InChI is InChI=1S/C20H18N2O2/c1-11-5-6-17-16(10-11)14(4)18(23-17)19-21-20(24-22-19)15-8-12(2)7-13(3)9-15/h5-10H,1-4H3. The quantitative estimate of drug-likeness (QED) is 0.497. The van der Waals surface area contributed by atoms with Crippen molar-refractivity contribution in [3.8, 4) is 23.0 Å². The fraction of sp³-hybridized carbons (Fsp3) is 0.200. The van der Waals surface area contributed by atoms with Crippen LogP contribution in [0, 0.1) is 27.7 Å². The predicted octanol–water partition coefficient (Wildman–Crippen LogP) is 5.38. The third-order valence-corrected chi connectivity index (χ3v) is 4.19. The van der Waals surface area contributed by atoms with Crippen molar-refractivity contribution in [2.75, 3.05) is 0 Å². The molecule has 0 amide bonds. The van der Waals surface area contributed by atoms with Crippen molar-refractivity contribution in [3.05, 3.63) is 58.7 Å². The van der Waals surface area contributed by atoms with E-state index in [-0.39, 0.29) is 0 Å². The van der Waals surface area contributed by atoms with E-state index in [0.29, 0.717) is 17.5 Å². The zero-order valence-corrected chi connectivity index (χ0v) is 14.2. The van der Waals surface area contributed by atoms with Crippen LogP contribution in [0.3, 0.4) is 0 Å². The third-order valence-electron chi connectivity index (χ3n) is 4.19. The van der Waals surface area contributed by atoms with Crippen LogP contribution in [0.1, 0.15) is 22.3 Å². The Morgan fingerprint density at radius 3 is 2.33 bits per heavy atom. The molecule has 2 aromatic carbocycles. The maximum atomic E-state index is 5.95. The highest BCUT2D eigenvalue weighted by atomic mass is 16.5. The van der Waals surface area contributed by atoms with Crippen LogP contribution in [0.2, 0.25) is 0 Å². The molecular weight excluding hydrogens is 300 g/mol. The Morgan fingerprint density at radius 2 is 1.58 bits per heavy atom. The van der Waals surface area contributed by atoms with Gasteiger partial charge in [0.15, 0.2) is 5.76 Å². The monoisotopic (exact) mass is 318 g/mol. The first kappa shape index (κ1) is 14.7. The predicted molar refractivity (Wildman–Crippen MR) is 93.9 cm³/mol. The molecule has 0 N–H and O–H groups in total. The van der Waals surface area contributed by atoms with Gasteiger partial charge in [-0.05, 0) is 52.0 Å². The minimum atomic E-state index is 0.482. The lowest BCUT2D eigenvalue weighted by atomic mass is 10.1. The summed E-state index contributed by atoms with van der Waals surface area (Å²) in [6.07, 6.45) is 0. The second-order valence-corrected chi connectivity index (χ2v) is 6.36. The molecule has 0 saturated carbocycles. The number of aryl methyl sites for hydroxylation is 4. The summed E-state index contributed by atoms with van der Waals surface area (Å²) in [4.78, 5) is 4.54. The minimum absolute atomic E-state index is 0.482. The summed E-state index contributed by atoms with van der Waals surface area (Å²) in [5.74, 6) is 1.65. The first-order valence-corrected chi connectivity index (χ1v) is 7.94. The summed E-state index contributed by atoms with van der Waals surface area (Å²) in [7, 11) is 0. The van der Waals surface area contributed by atoms with Gasteiger partial charge in [0.05, 0.1) is 0 Å². The number of furan rings is 1. The van der Waals surface area contributed by atoms with Crippen LogP contribution < -0.4 is 0 Å². The van der Waals surface area contributed by atoms with Crippen LogP contribution in [0.25, 0.3) is 34.0 Å². The van der Waals surface area contributed by atoms with E-state index in [4.69, 9.17) is 8.94 Å². The van der Waals surface area contributed by atoms with E-state index in [0.717, 1.165) is 22.1 Å². The van der Waals surface area contributed by atoms with Gasteiger partial charge in [0, 0.05) is 16.5 Å². The fourth-order valence-corrected chi connectivity index (χ4v) is 3.08. The van der Waals surface area contributed by atoms with E-state index in [1.165, 1.54) is 16.7 Å². The topological polar surface area (TPSA) is 52.1 Å². The Labute approximate surface area is 140 Å². The average molecular weight is 318 g/mol. The van der Waals surface area contributed by atoms with Crippen LogP contribution in [0.15, 0.2) is 45.3 Å². The Morgan fingerprint density at radius 1 is 0.833 bits per heavy atom. The maximum absolute atomic E-state index is 5.95. The van der Waals surface area contributed by atoms with Gasteiger partial charge in [-0.2, -0.15) is 4.98 Å². The van der Waals surface area contributed by atoms with Crippen molar-refractivity contribution >= 4 is 11.0 Å². The molecule has 2 heterocycles. The average Bonchev–Trinajstić information content (AvgIpc) is 3.12. The number of rotatable bonds is 2. The Kier molecular flexibility index (Phi) is 3.27. The van der Waals surface area contributed by atoms with Crippen molar-refractivity contribution in [1.29, 1.82) is 0 Å². The summed E-state index contributed by atoms with van der Waals surface area (Å²) in [6.45, 7) is 8.20. The number of fused-ring (bicyclic) bond motifs is 1. The lowest BCUT2D eigenvalue weighted by Crippen LogP contribution is -1.84. The molecule has 0 aliphatic rings. The molecule has 2 aromatic heterocycles. The van der Waals surface area contributed by atoms with Crippen molar-refractivity contribution < 1.29 is 8.94 Å². The number of hydrogen-bond donors (Lipinski definition) is 0. The molecule has 0 fully saturated rings. The van der Waals surface area contributed by atoms with E-state index >= 15 is 0 Å². The molecule has 0 aliphatic heterocycles. The zero-order chi connectivity index (χ0) is 16.8. The minimum Gasteiger partial charge on any atom is -0.452 e. The summed E-state index contributed by atoms with van der Waals surface area (Å²) in [6, 6.07) is 12.3. The Balaban J connectivity index is 1.81. The molecule has 0 bridgehead atoms. The van der Waals surface area contributed by atoms with Crippen molar-refractivity contribution in [2.45, 2.75) is 27.7 Å². The van der Waals surface area contributed by atoms with E-state index in [2.05, 4.69) is 43.0 Å². The molecular formula is C20H18N2O2. The normalized spacial score (nSPS) is 11.3. The number of hydrogen-bond acceptors (Lipinski definition) is 4. The van der Waals surface area contributed by atoms with Gasteiger partial charge in [0.25, 0.3) is 5.89 Å². The van der Waals surface area contributed by atoms with Crippen LogP contribution in [0.5, 0.6) is 0 Å². The van der Waals surface area contributed by atoms with E-state index in [1.54, 1.807) is 0 Å². The van der Waals surface area contributed by atoms with Crippen molar-refractivity contribution in [2.24, 2.45) is 0 Å². The number of benzene rings is 2. The van der Waals surface area contributed by atoms with Crippen LogP contribution in [-0.2, 0) is 0 Å². The van der Waals surface area contributed by atoms with E-state index in [1.807, 2.05) is 31.2 Å². The Bertz CT molecular complexity index is 1040. The lowest BCUT2D eigenvalue weighted by molar-refractivity contribution is 0.430. The van der Waals surface area contributed by atoms with Gasteiger partial charge in [-0.1, -0.05) is 34.0 Å². The number of nitrogens with zero attached hydrogens (tertiary/aromatic N) is 2. The van der Waals surface area contributed by atoms with Gasteiger partial charge in [0.2, 0.25) is 5.82 Å². The summed E-state index contributed by atoms with van der Waals surface area (Å²) < 4.78 is 11.4. The summed E-state index contributed by atoms with van der Waals surface area (Å²) in [5, 5.41) is 5.21. The Hall–Kier alpha value is -2.88. The molecule has 0 spiro atoms. The molecule has 0 radical (unpaired) electrons. The summed E-state index contributed by atoms with van der Waals surface area (Å²) >= 11 is 0. The van der Waals surface area contributed by atoms with Crippen molar-refractivity contribution in [1.82, 2.24) is 10.1 Å². The molecule has 4 heteroatoms. The first-order valence-electron chi connectivity index (χ1n) is 7.94. The van der Waals surface area contributed by atoms with Gasteiger partial charge < -0.3 is 8.94 Å². The lowest BCUT2D eigenvalue weighted by Gasteiger charge is -1.99. The summed E-state index contributed by atoms with van der Waals surface area (Å²) in [5.41, 5.74) is 6.32. The molecule has 0 aliphatic carbocycles. The van der Waals surface area contributed by atoms with Gasteiger partial charge in [-0.25, -0.2) is 0 Å². The van der Waals surface area contributed by atoms with Crippen molar-refractivity contribution in [3.63, 3.8) is 0 Å². The second kappa shape index (κ2) is 5.34. The first-order chi connectivity index (χ1) is 11.5. The largest absolute Gasteiger partial charge is 0.452 e. The molecule has 4 nitrogen and oxygen atoms in total. The molecule has 0 saturated heterocycles. The molecule has 4 aromatic rings. The van der Waals surface area contributed by atoms with E-state index < -0.39 is 0 Å². The maximum Gasteiger partial charge on any atom is 0.258 e. The fourth-order valence-electron chi connectivity index (χ4n) is 3.08. The van der Waals surface area contributed by atoms with Crippen LogP contribution in [0.4, 0.5) is 0 Å². The van der Waals surface area contributed by atoms with Gasteiger partial charge >= 0.3 is 0 Å². The highest BCUT2D eigenvalue weighted by molar-refractivity contribution is 5.87. The highest BCUT2D eigenvalue weighted by Gasteiger charge is 2.19. The second-order valence-electron chi connectivity index (χ2n) is 6.36. The molecule has 120 valence electrons. The van der Waals surface area contributed by atoms with Gasteiger partial charge in [0.1, 0.15) is 5.58 Å². The van der Waals surface area contributed by atoms with Gasteiger partial charge in [-0.15, -0.1) is 0 Å². The molecule has 0 atom stereocenters. The van der Waals surface area contributed by atoms with Crippen LogP contribution >= 0.6 is 0 Å².